The molecule has 10 nitrogen and oxygen atoms in total. The molecule has 2 aromatic carbocycles. The number of carboxylic acid groups (broad SMARTS) is 1. The molecule has 1 saturated heterocycles. The average molecular weight is 684 g/mol. The minimum Gasteiger partial charge on any atom is -0.480 e. The molecular formula is C30H27F6N5O5S. The second-order valence-electron chi connectivity index (χ2n) is 11.8. The number of carbonyl (C=O) groups excluding carboxylic acids is 2. The van der Waals surface area contributed by atoms with E-state index in [0.29, 0.717) is 22.5 Å². The molecular weight excluding hydrogens is 656 g/mol. The number of alkyl halides is 6. The van der Waals surface area contributed by atoms with Gasteiger partial charge in [-0.3, -0.25) is 9.48 Å². The number of piperazine rings is 1. The fraction of sp³-hybridized carbons (Fsp3) is 0.367. The first-order chi connectivity index (χ1) is 21.8. The SMILES string of the molecule is CC(C)(C)OC(=O)N1CCN(C2=NC(=O)C(=Cc3ccc4c(cnn4Cc4ccc(C(F)(F)F)cc4C(F)(F)F)c3)S2)C(C(=O)O)C1. The first-order valence-electron chi connectivity index (χ1n) is 14.0. The predicted molar refractivity (Wildman–Crippen MR) is 159 cm³/mol. The van der Waals surface area contributed by atoms with Crippen LogP contribution in [0.2, 0.25) is 0 Å². The number of carboxylic acids is 1. The molecule has 0 radical (unpaired) electrons. The summed E-state index contributed by atoms with van der Waals surface area (Å²) in [5.41, 5.74) is -3.08. The van der Waals surface area contributed by atoms with Gasteiger partial charge in [0.2, 0.25) is 0 Å². The standard InChI is InChI=1S/C30H27F6N5O5S/c1-28(2,3)46-27(45)39-8-9-40(22(15-39)25(43)44)26-38-24(42)23(47-26)11-16-4-7-21-18(10-16)13-37-41(21)14-17-5-6-19(29(31,32)33)12-20(17)30(34,35)36/h4-7,10-13,22H,8-9,14-15H2,1-3H3,(H,43,44). The van der Waals surface area contributed by atoms with Crippen LogP contribution in [0.25, 0.3) is 17.0 Å². The number of ether oxygens (including phenoxy) is 1. The van der Waals surface area contributed by atoms with E-state index in [1.54, 1.807) is 39.0 Å². The van der Waals surface area contributed by atoms with Gasteiger partial charge in [-0.2, -0.15) is 36.4 Å². The summed E-state index contributed by atoms with van der Waals surface area (Å²) in [5, 5.41) is 14.6. The Kier molecular flexibility index (Phi) is 8.81. The number of aliphatic carboxylic acids is 1. The topological polar surface area (TPSA) is 117 Å². The molecule has 3 aromatic rings. The predicted octanol–water partition coefficient (Wildman–Crippen LogP) is 6.10. The zero-order valence-electron chi connectivity index (χ0n) is 25.0. The first-order valence-corrected chi connectivity index (χ1v) is 14.8. The Morgan fingerprint density at radius 1 is 1.04 bits per heavy atom. The molecule has 17 heteroatoms. The maximum absolute atomic E-state index is 13.7. The third kappa shape index (κ3) is 7.55. The smallest absolute Gasteiger partial charge is 0.416 e. The van der Waals surface area contributed by atoms with E-state index >= 15 is 0 Å². The van der Waals surface area contributed by atoms with E-state index in [2.05, 4.69) is 10.1 Å². The fourth-order valence-corrected chi connectivity index (χ4v) is 6.01. The summed E-state index contributed by atoms with van der Waals surface area (Å²) in [6, 6.07) is 5.02. The van der Waals surface area contributed by atoms with Crippen LogP contribution in [0.1, 0.15) is 43.0 Å². The second-order valence-corrected chi connectivity index (χ2v) is 12.8. The van der Waals surface area contributed by atoms with Crippen LogP contribution >= 0.6 is 11.8 Å². The van der Waals surface area contributed by atoms with Gasteiger partial charge in [-0.1, -0.05) is 12.1 Å². The number of nitrogens with zero attached hydrogens (tertiary/aromatic N) is 5. The Hall–Kier alpha value is -4.54. The van der Waals surface area contributed by atoms with Crippen molar-refractivity contribution >= 4 is 51.9 Å². The second kappa shape index (κ2) is 12.2. The molecule has 1 fully saturated rings. The van der Waals surface area contributed by atoms with Crippen LogP contribution in [0.3, 0.4) is 0 Å². The molecule has 2 amide bonds. The van der Waals surface area contributed by atoms with Crippen molar-refractivity contribution in [1.29, 1.82) is 0 Å². The lowest BCUT2D eigenvalue weighted by Crippen LogP contribution is -2.59. The molecule has 1 atom stereocenters. The van der Waals surface area contributed by atoms with Crippen LogP contribution in [0.5, 0.6) is 0 Å². The largest absolute Gasteiger partial charge is 0.480 e. The number of aliphatic imine (C=N–C) groups is 1. The maximum atomic E-state index is 13.7. The Morgan fingerprint density at radius 3 is 2.40 bits per heavy atom. The highest BCUT2D eigenvalue weighted by atomic mass is 32.2. The van der Waals surface area contributed by atoms with Crippen LogP contribution in [0, 0.1) is 0 Å². The highest BCUT2D eigenvalue weighted by Crippen LogP contribution is 2.38. The molecule has 0 bridgehead atoms. The number of hydrogen-bond donors (Lipinski definition) is 1. The average Bonchev–Trinajstić information content (AvgIpc) is 3.53. The molecule has 3 heterocycles. The third-order valence-corrected chi connectivity index (χ3v) is 8.22. The lowest BCUT2D eigenvalue weighted by atomic mass is 10.0. The third-order valence-electron chi connectivity index (χ3n) is 7.20. The highest BCUT2D eigenvalue weighted by molar-refractivity contribution is 8.18. The molecule has 1 unspecified atom stereocenters. The van der Waals surface area contributed by atoms with Gasteiger partial charge < -0.3 is 19.6 Å². The van der Waals surface area contributed by atoms with Crippen molar-refractivity contribution in [2.75, 3.05) is 19.6 Å². The van der Waals surface area contributed by atoms with Crippen molar-refractivity contribution < 1.29 is 50.6 Å². The van der Waals surface area contributed by atoms with Crippen LogP contribution in [0.4, 0.5) is 31.1 Å². The van der Waals surface area contributed by atoms with E-state index in [0.717, 1.165) is 17.8 Å². The van der Waals surface area contributed by atoms with Gasteiger partial charge >= 0.3 is 24.4 Å². The fourth-order valence-electron chi connectivity index (χ4n) is 5.02. The number of amides is 2. The van der Waals surface area contributed by atoms with Gasteiger partial charge in [0.1, 0.15) is 11.6 Å². The number of halogens is 6. The van der Waals surface area contributed by atoms with Crippen LogP contribution in [0.15, 0.2) is 52.5 Å². The van der Waals surface area contributed by atoms with Gasteiger partial charge in [-0.05, 0) is 74.0 Å². The minimum absolute atomic E-state index is 0.0809. The number of thioether (sulfide) groups is 1. The number of carbonyl (C=O) groups is 3. The molecule has 47 heavy (non-hydrogen) atoms. The zero-order valence-corrected chi connectivity index (χ0v) is 25.8. The van der Waals surface area contributed by atoms with E-state index in [-0.39, 0.29) is 35.8 Å². The molecule has 0 spiro atoms. The molecule has 1 N–H and O–H groups in total. The minimum atomic E-state index is -5.03. The van der Waals surface area contributed by atoms with E-state index in [9.17, 15) is 45.8 Å². The van der Waals surface area contributed by atoms with Crippen molar-refractivity contribution in [3.63, 3.8) is 0 Å². The van der Waals surface area contributed by atoms with Crippen molar-refractivity contribution in [2.24, 2.45) is 4.99 Å². The van der Waals surface area contributed by atoms with Crippen LogP contribution < -0.4 is 0 Å². The lowest BCUT2D eigenvalue weighted by molar-refractivity contribution is -0.144. The lowest BCUT2D eigenvalue weighted by Gasteiger charge is -2.40. The summed E-state index contributed by atoms with van der Waals surface area (Å²) in [6.07, 6.45) is -7.73. The number of amidine groups is 1. The molecule has 0 saturated carbocycles. The summed E-state index contributed by atoms with van der Waals surface area (Å²) < 4.78 is 86.7. The van der Waals surface area contributed by atoms with Crippen molar-refractivity contribution in [3.05, 3.63) is 69.8 Å². The van der Waals surface area contributed by atoms with E-state index < -0.39 is 65.2 Å². The maximum Gasteiger partial charge on any atom is 0.416 e. The van der Waals surface area contributed by atoms with Crippen molar-refractivity contribution in [2.45, 2.75) is 51.3 Å². The first kappa shape index (κ1) is 33.8. The Morgan fingerprint density at radius 2 is 1.77 bits per heavy atom. The Bertz CT molecular complexity index is 1810. The molecule has 0 aliphatic carbocycles. The van der Waals surface area contributed by atoms with Crippen molar-refractivity contribution in [3.8, 4) is 0 Å². The number of aromatic nitrogens is 2. The van der Waals surface area contributed by atoms with Gasteiger partial charge in [0.15, 0.2) is 5.17 Å². The monoisotopic (exact) mass is 683 g/mol. The van der Waals surface area contributed by atoms with Gasteiger partial charge in [-0.25, -0.2) is 9.59 Å². The quantitative estimate of drug-likeness (QED) is 0.259. The van der Waals surface area contributed by atoms with Gasteiger partial charge in [-0.15, -0.1) is 0 Å². The number of benzene rings is 2. The van der Waals surface area contributed by atoms with Gasteiger partial charge in [0.25, 0.3) is 5.91 Å². The van der Waals surface area contributed by atoms with Gasteiger partial charge in [0, 0.05) is 18.5 Å². The number of hydrogen-bond acceptors (Lipinski definition) is 7. The normalized spacial score (nSPS) is 18.7. The van der Waals surface area contributed by atoms with E-state index in [1.807, 2.05) is 0 Å². The van der Waals surface area contributed by atoms with Crippen LogP contribution in [-0.2, 0) is 33.2 Å². The van der Waals surface area contributed by atoms with Crippen LogP contribution in [-0.4, -0.2) is 79.1 Å². The number of rotatable bonds is 4. The molecule has 5 rings (SSSR count). The highest BCUT2D eigenvalue weighted by Gasteiger charge is 2.41. The Labute approximate surface area is 267 Å². The summed E-state index contributed by atoms with van der Waals surface area (Å²) in [4.78, 5) is 44.4. The van der Waals surface area contributed by atoms with E-state index in [1.165, 1.54) is 26.8 Å². The number of fused-ring (bicyclic) bond motifs is 1. The molecule has 250 valence electrons. The molecule has 1 aromatic heterocycles. The summed E-state index contributed by atoms with van der Waals surface area (Å²) >= 11 is 0.962. The zero-order chi connectivity index (χ0) is 34.5. The van der Waals surface area contributed by atoms with Gasteiger partial charge in [0.05, 0.1) is 40.8 Å². The van der Waals surface area contributed by atoms with E-state index in [4.69, 9.17) is 4.74 Å². The summed E-state index contributed by atoms with van der Waals surface area (Å²) in [6.45, 7) is 4.67. The Balaban J connectivity index is 1.32. The van der Waals surface area contributed by atoms with Crippen molar-refractivity contribution in [1.82, 2.24) is 19.6 Å². The molecule has 2 aliphatic heterocycles. The summed E-state index contributed by atoms with van der Waals surface area (Å²) in [5.74, 6) is -1.82. The molecule has 2 aliphatic rings. The summed E-state index contributed by atoms with van der Waals surface area (Å²) in [7, 11) is 0.